The Morgan fingerprint density at radius 2 is 1.82 bits per heavy atom. The Labute approximate surface area is 75.4 Å². The second kappa shape index (κ2) is 2.36. The zero-order valence-corrected chi connectivity index (χ0v) is 7.26. The van der Waals surface area contributed by atoms with E-state index in [1.165, 1.54) is 0 Å². The van der Waals surface area contributed by atoms with Crippen LogP contribution in [0.3, 0.4) is 0 Å². The van der Waals surface area contributed by atoms with E-state index in [4.69, 9.17) is 24.4 Å². The Morgan fingerprint density at radius 3 is 2.55 bits per heavy atom. The van der Waals surface area contributed by atoms with E-state index >= 15 is 0 Å². The molecule has 0 saturated heterocycles. The molecule has 0 fully saturated rings. The van der Waals surface area contributed by atoms with Gasteiger partial charge in [0.05, 0.1) is 4.86 Å². The summed E-state index contributed by atoms with van der Waals surface area (Å²) in [6, 6.07) is 7.87. The van der Waals surface area contributed by atoms with Crippen LogP contribution in [-0.2, 0) is 0 Å². The zero-order chi connectivity index (χ0) is 7.84. The Morgan fingerprint density at radius 1 is 1.09 bits per heavy atom. The lowest BCUT2D eigenvalue weighted by molar-refractivity contribution is 1.67. The first-order chi connectivity index (χ1) is 5.29. The van der Waals surface area contributed by atoms with Crippen LogP contribution in [0.5, 0.6) is 0 Å². The van der Waals surface area contributed by atoms with Gasteiger partial charge in [-0.1, -0.05) is 42.6 Å². The molecule has 0 saturated carbocycles. The lowest BCUT2D eigenvalue weighted by Crippen LogP contribution is -2.08. The van der Waals surface area contributed by atoms with Crippen molar-refractivity contribution in [3.63, 3.8) is 0 Å². The van der Waals surface area contributed by atoms with Gasteiger partial charge in [-0.3, -0.25) is 0 Å². The number of anilines is 1. The lowest BCUT2D eigenvalue weighted by Gasteiger charge is -1.93. The second-order valence-corrected chi connectivity index (χ2v) is 3.15. The third-order valence-corrected chi connectivity index (χ3v) is 2.49. The Bertz CT molecular complexity index is 344. The average molecular weight is 179 g/mol. The molecule has 0 bridgehead atoms. The van der Waals surface area contributed by atoms with Gasteiger partial charge in [0.1, 0.15) is 4.99 Å². The van der Waals surface area contributed by atoms with Crippen LogP contribution in [0.4, 0.5) is 5.69 Å². The van der Waals surface area contributed by atoms with E-state index in [-0.39, 0.29) is 0 Å². The smallest absolute Gasteiger partial charge is 0.122 e. The average Bonchev–Trinajstić information content (AvgIpc) is 2.30. The minimum atomic E-state index is 0.668. The molecular formula is C8H5NS2. The molecule has 3 heteroatoms. The van der Waals surface area contributed by atoms with Crippen LogP contribution >= 0.6 is 24.4 Å². The minimum absolute atomic E-state index is 0.668. The Kier molecular flexibility index (Phi) is 1.47. The van der Waals surface area contributed by atoms with Gasteiger partial charge in [0, 0.05) is 11.3 Å². The van der Waals surface area contributed by atoms with Gasteiger partial charge in [0.25, 0.3) is 0 Å². The summed E-state index contributed by atoms with van der Waals surface area (Å²) in [5.74, 6) is 0. The highest BCUT2D eigenvalue weighted by molar-refractivity contribution is 7.90. The second-order valence-electron chi connectivity index (χ2n) is 2.33. The highest BCUT2D eigenvalue weighted by atomic mass is 32.1. The fourth-order valence-corrected chi connectivity index (χ4v) is 1.54. The molecule has 1 aromatic carbocycles. The monoisotopic (exact) mass is 179 g/mol. The molecule has 1 N–H and O–H groups in total. The standard InChI is InChI=1S/C8H5NS2/c10-7-5-3-1-2-4-6(5)9-8(7)11/h1-4H,(H,9,10,11). The Balaban J connectivity index is 2.64. The Hall–Kier alpha value is -0.800. The summed E-state index contributed by atoms with van der Waals surface area (Å²) >= 11 is 10.1. The topological polar surface area (TPSA) is 12.0 Å². The van der Waals surface area contributed by atoms with Crippen LogP contribution in [0.1, 0.15) is 5.56 Å². The molecule has 1 aliphatic rings. The molecule has 11 heavy (non-hydrogen) atoms. The molecule has 1 nitrogen and oxygen atoms in total. The van der Waals surface area contributed by atoms with Gasteiger partial charge >= 0.3 is 0 Å². The summed E-state index contributed by atoms with van der Waals surface area (Å²) in [5, 5.41) is 3.04. The quantitative estimate of drug-likeness (QED) is 0.613. The van der Waals surface area contributed by atoms with Crippen LogP contribution in [0.25, 0.3) is 0 Å². The van der Waals surface area contributed by atoms with Crippen molar-refractivity contribution >= 4 is 40.0 Å². The largest absolute Gasteiger partial charge is 0.345 e. The number of nitrogens with one attached hydrogen (secondary N) is 1. The van der Waals surface area contributed by atoms with E-state index < -0.39 is 0 Å². The van der Waals surface area contributed by atoms with Gasteiger partial charge in [-0.05, 0) is 6.07 Å². The van der Waals surface area contributed by atoms with Crippen molar-refractivity contribution in [1.82, 2.24) is 0 Å². The molecule has 0 aliphatic carbocycles. The van der Waals surface area contributed by atoms with Crippen molar-refractivity contribution in [2.24, 2.45) is 0 Å². The fraction of sp³-hybridized carbons (Fsp3) is 0. The molecule has 0 radical (unpaired) electrons. The molecule has 0 aromatic heterocycles. The highest BCUT2D eigenvalue weighted by Gasteiger charge is 2.18. The SMILES string of the molecule is S=C1Nc2ccccc2C1=S. The number of hydrogen-bond donors (Lipinski definition) is 1. The van der Waals surface area contributed by atoms with Crippen molar-refractivity contribution < 1.29 is 0 Å². The van der Waals surface area contributed by atoms with Crippen LogP contribution in [0.15, 0.2) is 24.3 Å². The van der Waals surface area contributed by atoms with Crippen LogP contribution in [0.2, 0.25) is 0 Å². The van der Waals surface area contributed by atoms with Crippen LogP contribution in [0, 0.1) is 0 Å². The van der Waals surface area contributed by atoms with Crippen molar-refractivity contribution in [2.45, 2.75) is 0 Å². The highest BCUT2D eigenvalue weighted by Crippen LogP contribution is 2.23. The maximum atomic E-state index is 5.09. The number of thiocarbonyl (C=S) groups is 2. The predicted molar refractivity (Wildman–Crippen MR) is 54.4 cm³/mol. The molecule has 1 aliphatic heterocycles. The summed E-state index contributed by atoms with van der Waals surface area (Å²) in [6.45, 7) is 0. The van der Waals surface area contributed by atoms with E-state index in [1.807, 2.05) is 24.3 Å². The van der Waals surface area contributed by atoms with Crippen molar-refractivity contribution in [1.29, 1.82) is 0 Å². The number of rotatable bonds is 0. The predicted octanol–water partition coefficient (Wildman–Crippen LogP) is 2.16. The molecule has 1 heterocycles. The summed E-state index contributed by atoms with van der Waals surface area (Å²) in [7, 11) is 0. The minimum Gasteiger partial charge on any atom is -0.345 e. The van der Waals surface area contributed by atoms with Crippen LogP contribution in [-0.4, -0.2) is 9.85 Å². The van der Waals surface area contributed by atoms with Crippen LogP contribution < -0.4 is 5.32 Å². The van der Waals surface area contributed by atoms with Gasteiger partial charge < -0.3 is 5.32 Å². The van der Waals surface area contributed by atoms with Crippen molar-refractivity contribution in [3.05, 3.63) is 29.8 Å². The van der Waals surface area contributed by atoms with E-state index in [0.29, 0.717) is 4.99 Å². The molecule has 0 unspecified atom stereocenters. The fourth-order valence-electron chi connectivity index (χ4n) is 1.09. The summed E-state index contributed by atoms with van der Waals surface area (Å²) in [6.07, 6.45) is 0. The maximum Gasteiger partial charge on any atom is 0.122 e. The van der Waals surface area contributed by atoms with E-state index in [9.17, 15) is 0 Å². The van der Waals surface area contributed by atoms with E-state index in [1.54, 1.807) is 0 Å². The molecule has 54 valence electrons. The number of hydrogen-bond acceptors (Lipinski definition) is 2. The number of benzene rings is 1. The van der Waals surface area contributed by atoms with Crippen molar-refractivity contribution in [3.8, 4) is 0 Å². The summed E-state index contributed by atoms with van der Waals surface area (Å²) < 4.78 is 0. The maximum absolute atomic E-state index is 5.09. The molecule has 0 amide bonds. The first kappa shape index (κ1) is 6.88. The van der Waals surface area contributed by atoms with Gasteiger partial charge in [0.2, 0.25) is 0 Å². The molecule has 0 spiro atoms. The van der Waals surface area contributed by atoms with E-state index in [2.05, 4.69) is 5.32 Å². The van der Waals surface area contributed by atoms with Gasteiger partial charge in [-0.25, -0.2) is 0 Å². The van der Waals surface area contributed by atoms with Gasteiger partial charge in [-0.15, -0.1) is 0 Å². The third kappa shape index (κ3) is 0.968. The molecular weight excluding hydrogens is 174 g/mol. The van der Waals surface area contributed by atoms with E-state index in [0.717, 1.165) is 16.1 Å². The first-order valence-electron chi connectivity index (χ1n) is 3.24. The normalized spacial score (nSPS) is 14.5. The van der Waals surface area contributed by atoms with Gasteiger partial charge in [-0.2, -0.15) is 0 Å². The first-order valence-corrected chi connectivity index (χ1v) is 4.05. The molecule has 0 atom stereocenters. The third-order valence-electron chi connectivity index (χ3n) is 1.63. The molecule has 2 rings (SSSR count). The van der Waals surface area contributed by atoms with Crippen molar-refractivity contribution in [2.75, 3.05) is 5.32 Å². The summed E-state index contributed by atoms with van der Waals surface area (Å²) in [4.78, 5) is 1.43. The number of para-hydroxylation sites is 1. The lowest BCUT2D eigenvalue weighted by atomic mass is 10.2. The zero-order valence-electron chi connectivity index (χ0n) is 5.63. The number of fused-ring (bicyclic) bond motifs is 1. The van der Waals surface area contributed by atoms with Gasteiger partial charge in [0.15, 0.2) is 0 Å². The summed E-state index contributed by atoms with van der Waals surface area (Å²) in [5.41, 5.74) is 2.08. The molecule has 1 aromatic rings.